The Morgan fingerprint density at radius 2 is 1.82 bits per heavy atom. The Balaban J connectivity index is 2.05. The van der Waals surface area contributed by atoms with Crippen LogP contribution in [0.2, 0.25) is 0 Å². The number of benzene rings is 2. The molecular formula is C16H17Si. The summed E-state index contributed by atoms with van der Waals surface area (Å²) in [6.45, 7) is 2.15. The molecule has 0 saturated heterocycles. The van der Waals surface area contributed by atoms with Crippen LogP contribution in [0.3, 0.4) is 0 Å². The number of fused-ring (bicyclic) bond motifs is 3. The summed E-state index contributed by atoms with van der Waals surface area (Å²) in [5, 5.41) is 3.31. The highest BCUT2D eigenvalue weighted by Crippen LogP contribution is 2.21. The van der Waals surface area contributed by atoms with E-state index in [9.17, 15) is 0 Å². The van der Waals surface area contributed by atoms with Crippen molar-refractivity contribution in [2.75, 3.05) is 0 Å². The third-order valence-electron chi connectivity index (χ3n) is 3.65. The number of rotatable bonds is 3. The standard InChI is InChI=1S/C16H17Si/c1-2-3-7-12-8-6-10-14-13-9-4-5-11-15(13)17-16(12)14/h2,4-6,8-11H,3,7,17H2,1H3. The first-order valence-electron chi connectivity index (χ1n) is 6.37. The molecule has 17 heavy (non-hydrogen) atoms. The van der Waals surface area contributed by atoms with Crippen molar-refractivity contribution in [3.05, 3.63) is 54.4 Å². The van der Waals surface area contributed by atoms with Gasteiger partial charge in [-0.1, -0.05) is 59.8 Å². The molecule has 0 nitrogen and oxygen atoms in total. The van der Waals surface area contributed by atoms with Crippen LogP contribution in [-0.2, 0) is 6.42 Å². The van der Waals surface area contributed by atoms with Crippen LogP contribution in [0.15, 0.2) is 42.5 Å². The molecule has 0 N–H and O–H groups in total. The molecule has 85 valence electrons. The molecule has 0 atom stereocenters. The van der Waals surface area contributed by atoms with Gasteiger partial charge in [-0.25, -0.2) is 0 Å². The van der Waals surface area contributed by atoms with Crippen LogP contribution in [0.4, 0.5) is 0 Å². The fourth-order valence-corrected chi connectivity index (χ4v) is 4.91. The van der Waals surface area contributed by atoms with Crippen molar-refractivity contribution in [3.63, 3.8) is 0 Å². The first kappa shape index (κ1) is 10.8. The highest BCUT2D eigenvalue weighted by Gasteiger charge is 2.19. The fourth-order valence-electron chi connectivity index (χ4n) is 2.76. The average molecular weight is 237 g/mol. The summed E-state index contributed by atoms with van der Waals surface area (Å²) >= 11 is 0. The van der Waals surface area contributed by atoms with E-state index in [4.69, 9.17) is 0 Å². The minimum absolute atomic E-state index is 0.231. The van der Waals surface area contributed by atoms with E-state index in [1.54, 1.807) is 15.9 Å². The van der Waals surface area contributed by atoms with Gasteiger partial charge in [0.1, 0.15) is 0 Å². The van der Waals surface area contributed by atoms with Crippen LogP contribution < -0.4 is 10.4 Å². The predicted octanol–water partition coefficient (Wildman–Crippen LogP) is 1.94. The first-order valence-corrected chi connectivity index (χ1v) is 7.78. The zero-order chi connectivity index (χ0) is 11.7. The van der Waals surface area contributed by atoms with Gasteiger partial charge in [0.05, 0.1) is 9.52 Å². The van der Waals surface area contributed by atoms with Crippen LogP contribution in [0.5, 0.6) is 0 Å². The van der Waals surface area contributed by atoms with E-state index in [-0.39, 0.29) is 9.52 Å². The lowest BCUT2D eigenvalue weighted by atomic mass is 10.0. The lowest BCUT2D eigenvalue weighted by Crippen LogP contribution is -2.24. The monoisotopic (exact) mass is 237 g/mol. The van der Waals surface area contributed by atoms with E-state index >= 15 is 0 Å². The molecule has 0 amide bonds. The van der Waals surface area contributed by atoms with Gasteiger partial charge in [-0.05, 0) is 36.0 Å². The third-order valence-corrected chi connectivity index (χ3v) is 5.84. The van der Waals surface area contributed by atoms with Crippen LogP contribution in [-0.4, -0.2) is 9.52 Å². The maximum Gasteiger partial charge on any atom is 0.0894 e. The Bertz CT molecular complexity index is 543. The molecule has 0 bridgehead atoms. The summed E-state index contributed by atoms with van der Waals surface area (Å²) in [4.78, 5) is 0. The summed E-state index contributed by atoms with van der Waals surface area (Å²) in [5.74, 6) is 0. The SMILES string of the molecule is C[CH]CCc1cccc2c1[SiH2]c1ccccc1-2. The van der Waals surface area contributed by atoms with Gasteiger partial charge >= 0.3 is 0 Å². The topological polar surface area (TPSA) is 0 Å². The van der Waals surface area contributed by atoms with E-state index < -0.39 is 0 Å². The summed E-state index contributed by atoms with van der Waals surface area (Å²) in [7, 11) is -0.231. The van der Waals surface area contributed by atoms with Crippen molar-refractivity contribution in [1.29, 1.82) is 0 Å². The molecular weight excluding hydrogens is 220 g/mol. The first-order chi connectivity index (χ1) is 8.40. The third kappa shape index (κ3) is 1.85. The van der Waals surface area contributed by atoms with Crippen LogP contribution in [0.1, 0.15) is 18.9 Å². The predicted molar refractivity (Wildman–Crippen MR) is 78.0 cm³/mol. The van der Waals surface area contributed by atoms with Gasteiger partial charge in [-0.3, -0.25) is 0 Å². The number of unbranched alkanes of at least 4 members (excludes halogenated alkanes) is 1. The quantitative estimate of drug-likeness (QED) is 0.611. The molecule has 2 aromatic rings. The molecule has 1 heteroatoms. The molecule has 0 spiro atoms. The Labute approximate surface area is 106 Å². The lowest BCUT2D eigenvalue weighted by Gasteiger charge is -2.07. The molecule has 0 saturated carbocycles. The van der Waals surface area contributed by atoms with Gasteiger partial charge in [-0.15, -0.1) is 0 Å². The molecule has 0 unspecified atom stereocenters. The van der Waals surface area contributed by atoms with Crippen LogP contribution in [0, 0.1) is 6.42 Å². The maximum absolute atomic E-state index is 2.32. The molecule has 0 aromatic heterocycles. The van der Waals surface area contributed by atoms with Crippen LogP contribution >= 0.6 is 0 Å². The Kier molecular flexibility index (Phi) is 2.85. The van der Waals surface area contributed by atoms with E-state index in [1.165, 1.54) is 24.0 Å². The van der Waals surface area contributed by atoms with Crippen molar-refractivity contribution in [3.8, 4) is 11.1 Å². The van der Waals surface area contributed by atoms with Gasteiger partial charge in [0.25, 0.3) is 0 Å². The second-order valence-electron chi connectivity index (χ2n) is 4.72. The molecule has 2 aromatic carbocycles. The van der Waals surface area contributed by atoms with Gasteiger partial charge in [-0.2, -0.15) is 0 Å². The Hall–Kier alpha value is -1.34. The number of aryl methyl sites for hydroxylation is 1. The van der Waals surface area contributed by atoms with Gasteiger partial charge < -0.3 is 0 Å². The van der Waals surface area contributed by atoms with E-state index in [0.29, 0.717) is 0 Å². The van der Waals surface area contributed by atoms with Gasteiger partial charge in [0, 0.05) is 0 Å². The minimum atomic E-state index is -0.231. The van der Waals surface area contributed by atoms with Crippen LogP contribution in [0.25, 0.3) is 11.1 Å². The molecule has 1 radical (unpaired) electrons. The molecule has 3 rings (SSSR count). The van der Waals surface area contributed by atoms with Crippen molar-refractivity contribution in [2.45, 2.75) is 19.8 Å². The molecule has 0 aliphatic carbocycles. The Morgan fingerprint density at radius 1 is 1.00 bits per heavy atom. The smallest absolute Gasteiger partial charge is 0.0627 e. The number of hydrogen-bond acceptors (Lipinski definition) is 0. The fraction of sp³-hybridized carbons (Fsp3) is 0.188. The second kappa shape index (κ2) is 4.50. The maximum atomic E-state index is 2.32. The average Bonchev–Trinajstić information content (AvgIpc) is 2.75. The van der Waals surface area contributed by atoms with Gasteiger partial charge in [0.2, 0.25) is 0 Å². The minimum Gasteiger partial charge on any atom is -0.0627 e. The van der Waals surface area contributed by atoms with E-state index in [0.717, 1.165) is 0 Å². The zero-order valence-electron chi connectivity index (χ0n) is 10.2. The number of hydrogen-bond donors (Lipinski definition) is 0. The molecule has 1 aliphatic rings. The summed E-state index contributed by atoms with van der Waals surface area (Å²) in [5.41, 5.74) is 4.60. The highest BCUT2D eigenvalue weighted by molar-refractivity contribution is 6.73. The van der Waals surface area contributed by atoms with Gasteiger partial charge in [0.15, 0.2) is 0 Å². The zero-order valence-corrected chi connectivity index (χ0v) is 11.7. The van der Waals surface area contributed by atoms with Crippen molar-refractivity contribution in [2.24, 2.45) is 0 Å². The molecule has 0 fully saturated rings. The summed E-state index contributed by atoms with van der Waals surface area (Å²) in [6.07, 6.45) is 4.67. The van der Waals surface area contributed by atoms with E-state index in [2.05, 4.69) is 55.8 Å². The molecule has 1 aliphatic heterocycles. The second-order valence-corrected chi connectivity index (χ2v) is 6.55. The van der Waals surface area contributed by atoms with Crippen molar-refractivity contribution in [1.82, 2.24) is 0 Å². The highest BCUT2D eigenvalue weighted by atomic mass is 28.2. The Morgan fingerprint density at radius 3 is 2.71 bits per heavy atom. The molecule has 1 heterocycles. The lowest BCUT2D eigenvalue weighted by molar-refractivity contribution is 0.942. The van der Waals surface area contributed by atoms with Crippen molar-refractivity contribution < 1.29 is 0 Å². The van der Waals surface area contributed by atoms with E-state index in [1.807, 2.05) is 0 Å². The summed E-state index contributed by atoms with van der Waals surface area (Å²) < 4.78 is 0. The normalized spacial score (nSPS) is 13.7. The van der Waals surface area contributed by atoms with Crippen molar-refractivity contribution >= 4 is 19.9 Å². The summed E-state index contributed by atoms with van der Waals surface area (Å²) in [6, 6.07) is 15.8. The largest absolute Gasteiger partial charge is 0.0894 e.